The number of carbonyl (C=O) groups is 2. The number of halogens is 1. The molecule has 0 spiro atoms. The van der Waals surface area contributed by atoms with Crippen LogP contribution < -0.4 is 16.0 Å². The molecule has 5 rings (SSSR count). The van der Waals surface area contributed by atoms with E-state index < -0.39 is 11.9 Å². The Balaban J connectivity index is 1.66. The second-order valence-electron chi connectivity index (χ2n) is 6.76. The Morgan fingerprint density at radius 1 is 1.21 bits per heavy atom. The standard InChI is InChI=1S/C19H15FN6O2/c20-12-3-1-2-10(6-12)14-8-16(22-13-4-5-13)26-17(23-14)11(9-21-26)7-15-18(27)25-19(28)24-15/h1-3,6-9,13,22H,4-5H2,(H2,24,25,27,28). The summed E-state index contributed by atoms with van der Waals surface area (Å²) in [5.41, 5.74) is 2.38. The molecule has 1 saturated carbocycles. The van der Waals surface area contributed by atoms with E-state index in [1.807, 2.05) is 6.07 Å². The third-order valence-corrected chi connectivity index (χ3v) is 4.57. The van der Waals surface area contributed by atoms with E-state index in [9.17, 15) is 14.0 Å². The van der Waals surface area contributed by atoms with E-state index >= 15 is 0 Å². The highest BCUT2D eigenvalue weighted by Crippen LogP contribution is 2.29. The lowest BCUT2D eigenvalue weighted by molar-refractivity contribution is -0.115. The van der Waals surface area contributed by atoms with Crippen molar-refractivity contribution < 1.29 is 14.0 Å². The van der Waals surface area contributed by atoms with E-state index in [0.717, 1.165) is 18.7 Å². The Bertz CT molecular complexity index is 1160. The highest BCUT2D eigenvalue weighted by Gasteiger charge is 2.25. The van der Waals surface area contributed by atoms with Crippen LogP contribution in [0.5, 0.6) is 0 Å². The Labute approximate surface area is 158 Å². The molecule has 1 aliphatic heterocycles. The van der Waals surface area contributed by atoms with Crippen molar-refractivity contribution in [2.75, 3.05) is 5.32 Å². The highest BCUT2D eigenvalue weighted by atomic mass is 19.1. The lowest BCUT2D eigenvalue weighted by Crippen LogP contribution is -2.22. The molecule has 8 nitrogen and oxygen atoms in total. The Kier molecular flexibility index (Phi) is 3.61. The van der Waals surface area contributed by atoms with E-state index in [0.29, 0.717) is 28.5 Å². The number of rotatable bonds is 4. The van der Waals surface area contributed by atoms with Gasteiger partial charge in [-0.1, -0.05) is 12.1 Å². The van der Waals surface area contributed by atoms with Crippen LogP contribution in [0.4, 0.5) is 15.0 Å². The molecule has 0 atom stereocenters. The van der Waals surface area contributed by atoms with Gasteiger partial charge in [-0.05, 0) is 31.1 Å². The van der Waals surface area contributed by atoms with Crippen LogP contribution in [0.3, 0.4) is 0 Å². The van der Waals surface area contributed by atoms with Crippen LogP contribution in [-0.2, 0) is 4.79 Å². The minimum Gasteiger partial charge on any atom is -0.367 e. The van der Waals surface area contributed by atoms with E-state index in [1.165, 1.54) is 18.2 Å². The maximum Gasteiger partial charge on any atom is 0.326 e. The number of amides is 3. The van der Waals surface area contributed by atoms with Crippen LogP contribution in [0.1, 0.15) is 18.4 Å². The Hall–Kier alpha value is -3.75. The third kappa shape index (κ3) is 2.96. The van der Waals surface area contributed by atoms with Gasteiger partial charge < -0.3 is 10.6 Å². The van der Waals surface area contributed by atoms with Gasteiger partial charge in [0.05, 0.1) is 11.9 Å². The number of aromatic nitrogens is 3. The molecule has 9 heteroatoms. The average molecular weight is 378 g/mol. The molecular weight excluding hydrogens is 363 g/mol. The van der Waals surface area contributed by atoms with Crippen molar-refractivity contribution in [3.8, 4) is 11.3 Å². The molecule has 3 N–H and O–H groups in total. The Morgan fingerprint density at radius 3 is 2.79 bits per heavy atom. The number of imide groups is 1. The summed E-state index contributed by atoms with van der Waals surface area (Å²) in [6.07, 6.45) is 5.24. The molecule has 3 heterocycles. The molecular formula is C19H15FN6O2. The first-order valence-electron chi connectivity index (χ1n) is 8.82. The number of urea groups is 1. The second-order valence-corrected chi connectivity index (χ2v) is 6.76. The number of nitrogens with zero attached hydrogens (tertiary/aromatic N) is 3. The molecule has 3 amide bonds. The summed E-state index contributed by atoms with van der Waals surface area (Å²) in [5.74, 6) is -0.129. The monoisotopic (exact) mass is 378 g/mol. The first kappa shape index (κ1) is 16.4. The molecule has 0 unspecified atom stereocenters. The SMILES string of the molecule is O=C1NC(=O)C(=Cc2cnn3c(NC4CC4)cc(-c4cccc(F)c4)nc23)N1. The minimum atomic E-state index is -0.572. The van der Waals surface area contributed by atoms with Crippen LogP contribution in [0, 0.1) is 5.82 Å². The van der Waals surface area contributed by atoms with Gasteiger partial charge in [-0.2, -0.15) is 9.61 Å². The zero-order valence-corrected chi connectivity index (χ0v) is 14.6. The van der Waals surface area contributed by atoms with Crippen molar-refractivity contribution >= 4 is 29.5 Å². The second kappa shape index (κ2) is 6.15. The van der Waals surface area contributed by atoms with Crippen LogP contribution in [0.25, 0.3) is 23.0 Å². The van der Waals surface area contributed by atoms with Gasteiger partial charge in [0.1, 0.15) is 17.3 Å². The molecule has 2 aliphatic rings. The molecule has 1 aliphatic carbocycles. The van der Waals surface area contributed by atoms with Crippen LogP contribution in [-0.4, -0.2) is 32.6 Å². The first-order valence-corrected chi connectivity index (χ1v) is 8.82. The summed E-state index contributed by atoms with van der Waals surface area (Å²) in [6, 6.07) is 7.83. The summed E-state index contributed by atoms with van der Waals surface area (Å²) in [5, 5.41) is 12.4. The van der Waals surface area contributed by atoms with Crippen molar-refractivity contribution in [2.24, 2.45) is 0 Å². The highest BCUT2D eigenvalue weighted by molar-refractivity contribution is 6.14. The zero-order valence-electron chi connectivity index (χ0n) is 14.6. The van der Waals surface area contributed by atoms with Gasteiger partial charge in [-0.25, -0.2) is 14.2 Å². The number of carbonyl (C=O) groups excluding carboxylic acids is 2. The maximum absolute atomic E-state index is 13.7. The fourth-order valence-electron chi connectivity index (χ4n) is 3.05. The molecule has 0 bridgehead atoms. The summed E-state index contributed by atoms with van der Waals surface area (Å²) in [6.45, 7) is 0. The molecule has 2 aromatic heterocycles. The minimum absolute atomic E-state index is 0.120. The van der Waals surface area contributed by atoms with Crippen molar-refractivity contribution in [2.45, 2.75) is 18.9 Å². The van der Waals surface area contributed by atoms with Crippen molar-refractivity contribution in [3.63, 3.8) is 0 Å². The number of anilines is 1. The van der Waals surface area contributed by atoms with Crippen LogP contribution in [0.2, 0.25) is 0 Å². The lowest BCUT2D eigenvalue weighted by atomic mass is 10.1. The third-order valence-electron chi connectivity index (χ3n) is 4.57. The molecule has 1 saturated heterocycles. The number of nitrogens with one attached hydrogen (secondary N) is 3. The number of benzene rings is 1. The van der Waals surface area contributed by atoms with Gasteiger partial charge in [0.25, 0.3) is 5.91 Å². The zero-order chi connectivity index (χ0) is 19.3. The molecule has 3 aromatic rings. The fraction of sp³-hybridized carbons (Fsp3) is 0.158. The van der Waals surface area contributed by atoms with E-state index in [4.69, 9.17) is 0 Å². The largest absolute Gasteiger partial charge is 0.367 e. The average Bonchev–Trinajstić information content (AvgIpc) is 3.30. The van der Waals surface area contributed by atoms with E-state index in [2.05, 4.69) is 26.0 Å². The molecule has 140 valence electrons. The normalized spacial score (nSPS) is 17.8. The lowest BCUT2D eigenvalue weighted by Gasteiger charge is -2.10. The summed E-state index contributed by atoms with van der Waals surface area (Å²) < 4.78 is 15.3. The van der Waals surface area contributed by atoms with Crippen LogP contribution >= 0.6 is 0 Å². The van der Waals surface area contributed by atoms with Crippen molar-refractivity contribution in [1.82, 2.24) is 25.2 Å². The smallest absolute Gasteiger partial charge is 0.326 e. The van der Waals surface area contributed by atoms with Crippen molar-refractivity contribution in [3.05, 3.63) is 53.6 Å². The predicted octanol–water partition coefficient (Wildman–Crippen LogP) is 2.29. The molecule has 2 fully saturated rings. The fourth-order valence-corrected chi connectivity index (χ4v) is 3.05. The quantitative estimate of drug-likeness (QED) is 0.478. The number of hydrogen-bond donors (Lipinski definition) is 3. The van der Waals surface area contributed by atoms with E-state index in [-0.39, 0.29) is 11.5 Å². The first-order chi connectivity index (χ1) is 13.6. The maximum atomic E-state index is 13.7. The number of fused-ring (bicyclic) bond motifs is 1. The Morgan fingerprint density at radius 2 is 2.07 bits per heavy atom. The van der Waals surface area contributed by atoms with Gasteiger partial charge in [0.2, 0.25) is 0 Å². The van der Waals surface area contributed by atoms with Gasteiger partial charge in [-0.3, -0.25) is 10.1 Å². The van der Waals surface area contributed by atoms with E-state index in [1.54, 1.807) is 22.8 Å². The predicted molar refractivity (Wildman–Crippen MR) is 99.7 cm³/mol. The molecule has 1 aromatic carbocycles. The van der Waals surface area contributed by atoms with Gasteiger partial charge in [0, 0.05) is 23.2 Å². The van der Waals surface area contributed by atoms with Crippen molar-refractivity contribution in [1.29, 1.82) is 0 Å². The van der Waals surface area contributed by atoms with Gasteiger partial charge in [0.15, 0.2) is 5.65 Å². The summed E-state index contributed by atoms with van der Waals surface area (Å²) >= 11 is 0. The molecule has 28 heavy (non-hydrogen) atoms. The summed E-state index contributed by atoms with van der Waals surface area (Å²) in [7, 11) is 0. The number of hydrogen-bond acceptors (Lipinski definition) is 5. The van der Waals surface area contributed by atoms with Gasteiger partial charge in [-0.15, -0.1) is 0 Å². The van der Waals surface area contributed by atoms with Gasteiger partial charge >= 0.3 is 6.03 Å². The molecule has 0 radical (unpaired) electrons. The van der Waals surface area contributed by atoms with Crippen LogP contribution in [0.15, 0.2) is 42.2 Å². The topological polar surface area (TPSA) is 100 Å². The summed E-state index contributed by atoms with van der Waals surface area (Å²) in [4.78, 5) is 27.8.